The van der Waals surface area contributed by atoms with E-state index in [9.17, 15) is 4.79 Å². The van der Waals surface area contributed by atoms with Crippen LogP contribution in [0.5, 0.6) is 0 Å². The van der Waals surface area contributed by atoms with E-state index in [4.69, 9.17) is 10.2 Å². The van der Waals surface area contributed by atoms with Gasteiger partial charge in [0.1, 0.15) is 12.1 Å². The number of carbonyl (C=O) groups is 1. The quantitative estimate of drug-likeness (QED) is 0.795. The van der Waals surface area contributed by atoms with E-state index in [-0.39, 0.29) is 12.5 Å². The number of hydrogen-bond acceptors (Lipinski definition) is 5. The van der Waals surface area contributed by atoms with Crippen LogP contribution in [-0.4, -0.2) is 31.0 Å². The zero-order chi connectivity index (χ0) is 13.8. The molecule has 2 aromatic rings. The molecule has 0 bridgehead atoms. The van der Waals surface area contributed by atoms with Crippen LogP contribution in [-0.2, 0) is 4.79 Å². The first-order valence-corrected chi connectivity index (χ1v) is 6.24. The van der Waals surface area contributed by atoms with Gasteiger partial charge in [-0.25, -0.2) is 0 Å². The first kappa shape index (κ1) is 13.2. The molecule has 0 aliphatic heterocycles. The van der Waals surface area contributed by atoms with E-state index in [1.807, 2.05) is 6.92 Å². The van der Waals surface area contributed by atoms with Crippen LogP contribution in [0.2, 0.25) is 0 Å². The molecule has 1 heterocycles. The molecular weight excluding hydrogens is 244 g/mol. The standard InChI is InChI=1S/C13H18N4O2/c1-3-7-15-11(18)8-17(2)13-16-12-9(14)5-4-6-10(12)19-13/h4-6H,3,7-8,14H2,1-2H3,(H,15,18). The van der Waals surface area contributed by atoms with Gasteiger partial charge in [-0.05, 0) is 18.6 Å². The molecule has 0 aliphatic carbocycles. The van der Waals surface area contributed by atoms with Crippen LogP contribution >= 0.6 is 0 Å². The number of fused-ring (bicyclic) bond motifs is 1. The van der Waals surface area contributed by atoms with E-state index in [1.54, 1.807) is 30.1 Å². The predicted molar refractivity (Wildman–Crippen MR) is 75.0 cm³/mol. The van der Waals surface area contributed by atoms with Crippen molar-refractivity contribution in [1.82, 2.24) is 10.3 Å². The van der Waals surface area contributed by atoms with Crippen LogP contribution in [0, 0.1) is 0 Å². The van der Waals surface area contributed by atoms with Crippen LogP contribution in [0.1, 0.15) is 13.3 Å². The van der Waals surface area contributed by atoms with Crippen molar-refractivity contribution in [2.75, 3.05) is 30.8 Å². The molecule has 0 atom stereocenters. The molecule has 0 aliphatic rings. The molecule has 1 aromatic carbocycles. The van der Waals surface area contributed by atoms with Gasteiger partial charge >= 0.3 is 0 Å². The fourth-order valence-electron chi connectivity index (χ4n) is 1.72. The second kappa shape index (κ2) is 5.60. The molecule has 102 valence electrons. The number of anilines is 2. The summed E-state index contributed by atoms with van der Waals surface area (Å²) in [5, 5.41) is 2.80. The van der Waals surface area contributed by atoms with Gasteiger partial charge in [-0.2, -0.15) is 4.98 Å². The van der Waals surface area contributed by atoms with Crippen molar-refractivity contribution < 1.29 is 9.21 Å². The lowest BCUT2D eigenvalue weighted by atomic mass is 10.3. The zero-order valence-electron chi connectivity index (χ0n) is 11.1. The SMILES string of the molecule is CCCNC(=O)CN(C)c1nc2c(N)cccc2o1. The smallest absolute Gasteiger partial charge is 0.298 e. The lowest BCUT2D eigenvalue weighted by Crippen LogP contribution is -2.35. The second-order valence-electron chi connectivity index (χ2n) is 4.40. The summed E-state index contributed by atoms with van der Waals surface area (Å²) in [6, 6.07) is 5.76. The molecule has 0 radical (unpaired) electrons. The summed E-state index contributed by atoms with van der Waals surface area (Å²) in [5.74, 6) is -0.0559. The summed E-state index contributed by atoms with van der Waals surface area (Å²) in [4.78, 5) is 17.6. The fourth-order valence-corrected chi connectivity index (χ4v) is 1.72. The number of nitrogen functional groups attached to an aromatic ring is 1. The molecule has 3 N–H and O–H groups in total. The first-order chi connectivity index (χ1) is 9.11. The molecule has 1 aromatic heterocycles. The number of para-hydroxylation sites is 1. The van der Waals surface area contributed by atoms with Crippen LogP contribution in [0.3, 0.4) is 0 Å². The maximum Gasteiger partial charge on any atom is 0.298 e. The van der Waals surface area contributed by atoms with Gasteiger partial charge in [0.25, 0.3) is 6.01 Å². The maximum absolute atomic E-state index is 11.6. The number of nitrogens with zero attached hydrogens (tertiary/aromatic N) is 2. The monoisotopic (exact) mass is 262 g/mol. The van der Waals surface area contributed by atoms with Gasteiger partial charge < -0.3 is 20.4 Å². The van der Waals surface area contributed by atoms with Gasteiger partial charge in [-0.15, -0.1) is 0 Å². The molecule has 6 heteroatoms. The zero-order valence-corrected chi connectivity index (χ0v) is 11.1. The van der Waals surface area contributed by atoms with E-state index in [0.717, 1.165) is 6.42 Å². The van der Waals surface area contributed by atoms with E-state index < -0.39 is 0 Å². The summed E-state index contributed by atoms with van der Waals surface area (Å²) in [6.07, 6.45) is 0.912. The minimum absolute atomic E-state index is 0.0559. The number of nitrogens with one attached hydrogen (secondary N) is 1. The van der Waals surface area contributed by atoms with Crippen molar-refractivity contribution in [3.63, 3.8) is 0 Å². The molecule has 0 saturated carbocycles. The van der Waals surface area contributed by atoms with E-state index in [0.29, 0.717) is 29.3 Å². The average molecular weight is 262 g/mol. The van der Waals surface area contributed by atoms with E-state index >= 15 is 0 Å². The lowest BCUT2D eigenvalue weighted by Gasteiger charge is -2.13. The first-order valence-electron chi connectivity index (χ1n) is 6.24. The third-order valence-corrected chi connectivity index (χ3v) is 2.72. The third-order valence-electron chi connectivity index (χ3n) is 2.72. The minimum Gasteiger partial charge on any atom is -0.423 e. The summed E-state index contributed by atoms with van der Waals surface area (Å²) in [7, 11) is 1.76. The van der Waals surface area contributed by atoms with E-state index in [2.05, 4.69) is 10.3 Å². The largest absolute Gasteiger partial charge is 0.423 e. The van der Waals surface area contributed by atoms with Crippen molar-refractivity contribution >= 4 is 28.7 Å². The molecule has 0 saturated heterocycles. The molecule has 6 nitrogen and oxygen atoms in total. The van der Waals surface area contributed by atoms with Gasteiger partial charge in [0.2, 0.25) is 5.91 Å². The molecule has 2 rings (SSSR count). The van der Waals surface area contributed by atoms with Crippen molar-refractivity contribution in [2.45, 2.75) is 13.3 Å². The summed E-state index contributed by atoms with van der Waals surface area (Å²) in [6.45, 7) is 2.88. The maximum atomic E-state index is 11.6. The second-order valence-corrected chi connectivity index (χ2v) is 4.40. The lowest BCUT2D eigenvalue weighted by molar-refractivity contribution is -0.119. The average Bonchev–Trinajstić information content (AvgIpc) is 2.82. The number of rotatable bonds is 5. The van der Waals surface area contributed by atoms with Gasteiger partial charge in [0, 0.05) is 13.6 Å². The van der Waals surface area contributed by atoms with Crippen molar-refractivity contribution in [3.8, 4) is 0 Å². The normalized spacial score (nSPS) is 10.6. The molecule has 0 fully saturated rings. The van der Waals surface area contributed by atoms with Crippen molar-refractivity contribution in [1.29, 1.82) is 0 Å². The van der Waals surface area contributed by atoms with Crippen LogP contribution < -0.4 is 16.0 Å². The number of likely N-dealkylation sites (N-methyl/N-ethyl adjacent to an activating group) is 1. The minimum atomic E-state index is -0.0559. The Morgan fingerprint density at radius 1 is 1.53 bits per heavy atom. The fraction of sp³-hybridized carbons (Fsp3) is 0.385. The van der Waals surface area contributed by atoms with Crippen molar-refractivity contribution in [3.05, 3.63) is 18.2 Å². The number of hydrogen-bond donors (Lipinski definition) is 2. The van der Waals surface area contributed by atoms with Gasteiger partial charge in [0.15, 0.2) is 5.58 Å². The Hall–Kier alpha value is -2.24. The summed E-state index contributed by atoms with van der Waals surface area (Å²) in [5.41, 5.74) is 7.63. The Morgan fingerprint density at radius 2 is 2.32 bits per heavy atom. The molecular formula is C13H18N4O2. The van der Waals surface area contributed by atoms with Gasteiger partial charge in [0.05, 0.1) is 5.69 Å². The highest BCUT2D eigenvalue weighted by Crippen LogP contribution is 2.25. The Morgan fingerprint density at radius 3 is 3.00 bits per heavy atom. The van der Waals surface area contributed by atoms with Gasteiger partial charge in [-0.1, -0.05) is 13.0 Å². The Bertz CT molecular complexity index is 579. The Balaban J connectivity index is 2.11. The Labute approximate surface area is 111 Å². The number of amides is 1. The summed E-state index contributed by atoms with van der Waals surface area (Å²) < 4.78 is 5.57. The number of aromatic nitrogens is 1. The van der Waals surface area contributed by atoms with Crippen LogP contribution in [0.4, 0.5) is 11.7 Å². The Kier molecular flexibility index (Phi) is 3.89. The van der Waals surface area contributed by atoms with Crippen LogP contribution in [0.15, 0.2) is 22.6 Å². The highest BCUT2D eigenvalue weighted by molar-refractivity contribution is 5.87. The van der Waals surface area contributed by atoms with Gasteiger partial charge in [-0.3, -0.25) is 4.79 Å². The molecule has 1 amide bonds. The third kappa shape index (κ3) is 2.96. The highest BCUT2D eigenvalue weighted by atomic mass is 16.4. The molecule has 0 unspecified atom stereocenters. The number of oxazole rings is 1. The van der Waals surface area contributed by atoms with Crippen molar-refractivity contribution in [2.24, 2.45) is 0 Å². The molecule has 19 heavy (non-hydrogen) atoms. The number of carbonyl (C=O) groups excluding carboxylic acids is 1. The van der Waals surface area contributed by atoms with E-state index in [1.165, 1.54) is 0 Å². The topological polar surface area (TPSA) is 84.4 Å². The summed E-state index contributed by atoms with van der Waals surface area (Å²) >= 11 is 0. The number of nitrogens with two attached hydrogens (primary N) is 1. The number of benzene rings is 1. The van der Waals surface area contributed by atoms with Crippen LogP contribution in [0.25, 0.3) is 11.1 Å². The highest BCUT2D eigenvalue weighted by Gasteiger charge is 2.14. The predicted octanol–water partition coefficient (Wildman–Crippen LogP) is 1.37. The molecule has 0 spiro atoms.